The summed E-state index contributed by atoms with van der Waals surface area (Å²) in [5, 5.41) is 8.43. The first-order valence-corrected chi connectivity index (χ1v) is 10.1. The van der Waals surface area contributed by atoms with Crippen molar-refractivity contribution in [1.29, 1.82) is 0 Å². The smallest absolute Gasteiger partial charge is 0.229 e. The third kappa shape index (κ3) is 3.96. The molecule has 0 radical (unpaired) electrons. The van der Waals surface area contributed by atoms with Crippen LogP contribution in [-0.4, -0.2) is 32.4 Å². The largest absolute Gasteiger partial charge is 0.308 e. The van der Waals surface area contributed by atoms with Gasteiger partial charge in [-0.25, -0.2) is 0 Å². The lowest BCUT2D eigenvalue weighted by molar-refractivity contribution is -0.139. The van der Waals surface area contributed by atoms with Gasteiger partial charge in [0, 0.05) is 24.1 Å². The molecule has 1 saturated heterocycles. The van der Waals surface area contributed by atoms with Crippen molar-refractivity contribution in [2.45, 2.75) is 39.8 Å². The molecular formula is C23H24N4O3. The Morgan fingerprint density at radius 2 is 1.57 bits per heavy atom. The molecule has 0 atom stereocenters. The Hall–Kier alpha value is -3.48. The number of carbonyl (C=O) groups excluding carboxylic acids is 3. The Balaban J connectivity index is 1.53. The molecule has 0 aliphatic carbocycles. The zero-order chi connectivity index (χ0) is 21.3. The Kier molecular flexibility index (Phi) is 5.35. The molecule has 2 heterocycles. The van der Waals surface area contributed by atoms with E-state index < -0.39 is 0 Å². The van der Waals surface area contributed by atoms with Gasteiger partial charge in [0.25, 0.3) is 0 Å². The fourth-order valence-corrected chi connectivity index (χ4v) is 3.51. The van der Waals surface area contributed by atoms with Gasteiger partial charge in [-0.05, 0) is 23.3 Å². The predicted octanol–water partition coefficient (Wildman–Crippen LogP) is 3.33. The highest BCUT2D eigenvalue weighted by molar-refractivity contribution is 6.02. The average Bonchev–Trinajstić information content (AvgIpc) is 3.24. The maximum Gasteiger partial charge on any atom is 0.229 e. The van der Waals surface area contributed by atoms with Crippen LogP contribution >= 0.6 is 0 Å². The molecule has 0 spiro atoms. The molecule has 1 N–H and O–H groups in total. The first-order valence-electron chi connectivity index (χ1n) is 10.1. The molecule has 3 aromatic rings. The predicted molar refractivity (Wildman–Crippen MR) is 114 cm³/mol. The van der Waals surface area contributed by atoms with Crippen molar-refractivity contribution >= 4 is 34.4 Å². The third-order valence-corrected chi connectivity index (χ3v) is 5.27. The number of carbonyl (C=O) groups is 3. The quantitative estimate of drug-likeness (QED) is 0.639. The number of imide groups is 1. The second kappa shape index (κ2) is 8.10. The third-order valence-electron chi connectivity index (χ3n) is 5.27. The van der Waals surface area contributed by atoms with Gasteiger partial charge in [-0.3, -0.25) is 24.0 Å². The van der Waals surface area contributed by atoms with Gasteiger partial charge in [0.2, 0.25) is 17.7 Å². The summed E-state index contributed by atoms with van der Waals surface area (Å²) in [6, 6.07) is 15.6. The zero-order valence-electron chi connectivity index (χ0n) is 17.1. The van der Waals surface area contributed by atoms with Crippen LogP contribution < -0.4 is 5.32 Å². The van der Waals surface area contributed by atoms with Crippen molar-refractivity contribution in [1.82, 2.24) is 14.7 Å². The van der Waals surface area contributed by atoms with E-state index in [4.69, 9.17) is 0 Å². The molecule has 154 valence electrons. The minimum Gasteiger partial charge on any atom is -0.308 e. The van der Waals surface area contributed by atoms with E-state index in [9.17, 15) is 14.4 Å². The number of fused-ring (bicyclic) bond motifs is 1. The number of nitrogens with zero attached hydrogens (tertiary/aromatic N) is 3. The summed E-state index contributed by atoms with van der Waals surface area (Å²) in [6.45, 7) is 4.55. The van der Waals surface area contributed by atoms with Crippen LogP contribution in [0, 0.1) is 5.92 Å². The molecule has 1 aromatic heterocycles. The van der Waals surface area contributed by atoms with Gasteiger partial charge in [-0.2, -0.15) is 5.10 Å². The van der Waals surface area contributed by atoms with Gasteiger partial charge in [-0.15, -0.1) is 0 Å². The Morgan fingerprint density at radius 1 is 0.967 bits per heavy atom. The second-order valence-electron chi connectivity index (χ2n) is 7.86. The lowest BCUT2D eigenvalue weighted by atomic mass is 10.1. The molecule has 2 aromatic carbocycles. The summed E-state index contributed by atoms with van der Waals surface area (Å²) >= 11 is 0. The Morgan fingerprint density at radius 3 is 2.20 bits per heavy atom. The number of anilines is 1. The number of rotatable bonds is 6. The lowest BCUT2D eigenvalue weighted by Gasteiger charge is -2.14. The van der Waals surface area contributed by atoms with Gasteiger partial charge in [-0.1, -0.05) is 50.2 Å². The van der Waals surface area contributed by atoms with Crippen molar-refractivity contribution in [2.24, 2.45) is 5.92 Å². The maximum absolute atomic E-state index is 12.1. The minimum absolute atomic E-state index is 0.0687. The topological polar surface area (TPSA) is 84.3 Å². The molecule has 3 amide bonds. The van der Waals surface area contributed by atoms with Crippen LogP contribution in [0.3, 0.4) is 0 Å². The molecule has 0 unspecified atom stereocenters. The van der Waals surface area contributed by atoms with Crippen molar-refractivity contribution in [3.05, 3.63) is 59.7 Å². The van der Waals surface area contributed by atoms with E-state index in [0.29, 0.717) is 31.7 Å². The second-order valence-corrected chi connectivity index (χ2v) is 7.86. The van der Waals surface area contributed by atoms with Crippen molar-refractivity contribution in [3.8, 4) is 0 Å². The first kappa shape index (κ1) is 19.8. The molecular weight excluding hydrogens is 380 g/mol. The maximum atomic E-state index is 12.1. The van der Waals surface area contributed by atoms with Crippen LogP contribution in [0.1, 0.15) is 37.8 Å². The number of amides is 3. The van der Waals surface area contributed by atoms with E-state index in [1.54, 1.807) is 0 Å². The standard InChI is InChI=1S/C23H24N4O3/c1-15(2)23(30)24-22-18-5-3-4-6-19(18)27(25-22)14-17-9-7-16(8-10-17)13-26-20(28)11-12-21(26)29/h3-10,15H,11-14H2,1-2H3,(H,24,25,30). The summed E-state index contributed by atoms with van der Waals surface area (Å²) < 4.78 is 1.87. The van der Waals surface area contributed by atoms with Crippen molar-refractivity contribution in [2.75, 3.05) is 5.32 Å². The molecule has 1 aliphatic rings. The van der Waals surface area contributed by atoms with E-state index in [1.165, 1.54) is 4.90 Å². The lowest BCUT2D eigenvalue weighted by Crippen LogP contribution is -2.28. The fraction of sp³-hybridized carbons (Fsp3) is 0.304. The summed E-state index contributed by atoms with van der Waals surface area (Å²) in [5.41, 5.74) is 2.89. The van der Waals surface area contributed by atoms with E-state index in [2.05, 4.69) is 10.4 Å². The Labute approximate surface area is 174 Å². The molecule has 4 rings (SSSR count). The number of nitrogens with one attached hydrogen (secondary N) is 1. The van der Waals surface area contributed by atoms with Crippen LogP contribution in [0.4, 0.5) is 5.82 Å². The molecule has 0 saturated carbocycles. The van der Waals surface area contributed by atoms with Gasteiger partial charge in [0.1, 0.15) is 0 Å². The zero-order valence-corrected chi connectivity index (χ0v) is 17.1. The minimum atomic E-state index is -0.129. The number of hydrogen-bond acceptors (Lipinski definition) is 4. The highest BCUT2D eigenvalue weighted by Crippen LogP contribution is 2.24. The molecule has 30 heavy (non-hydrogen) atoms. The Bertz CT molecular complexity index is 1100. The van der Waals surface area contributed by atoms with E-state index in [0.717, 1.165) is 22.0 Å². The number of para-hydroxylation sites is 1. The van der Waals surface area contributed by atoms with Crippen molar-refractivity contribution in [3.63, 3.8) is 0 Å². The fourth-order valence-electron chi connectivity index (χ4n) is 3.51. The molecule has 0 bridgehead atoms. The van der Waals surface area contributed by atoms with Gasteiger partial charge in [0.05, 0.1) is 18.6 Å². The summed E-state index contributed by atoms with van der Waals surface area (Å²) in [5.74, 6) is 0.148. The monoisotopic (exact) mass is 404 g/mol. The van der Waals surface area contributed by atoms with E-state index >= 15 is 0 Å². The van der Waals surface area contributed by atoms with Crippen LogP contribution in [0.25, 0.3) is 10.9 Å². The molecule has 7 heteroatoms. The van der Waals surface area contributed by atoms with Crippen LogP contribution in [0.2, 0.25) is 0 Å². The molecule has 1 fully saturated rings. The molecule has 7 nitrogen and oxygen atoms in total. The number of hydrogen-bond donors (Lipinski definition) is 1. The van der Waals surface area contributed by atoms with E-state index in [-0.39, 0.29) is 23.6 Å². The summed E-state index contributed by atoms with van der Waals surface area (Å²) in [6.07, 6.45) is 0.609. The number of benzene rings is 2. The summed E-state index contributed by atoms with van der Waals surface area (Å²) in [4.78, 5) is 37.1. The summed E-state index contributed by atoms with van der Waals surface area (Å²) in [7, 11) is 0. The highest BCUT2D eigenvalue weighted by atomic mass is 16.2. The molecule has 1 aliphatic heterocycles. The van der Waals surface area contributed by atoms with Crippen LogP contribution in [-0.2, 0) is 27.5 Å². The van der Waals surface area contributed by atoms with Crippen LogP contribution in [0.5, 0.6) is 0 Å². The van der Waals surface area contributed by atoms with Crippen LogP contribution in [0.15, 0.2) is 48.5 Å². The van der Waals surface area contributed by atoms with Gasteiger partial charge < -0.3 is 5.32 Å². The first-order chi connectivity index (χ1) is 14.4. The SMILES string of the molecule is CC(C)C(=O)Nc1nn(Cc2ccc(CN3C(=O)CCC3=O)cc2)c2ccccc12. The van der Waals surface area contributed by atoms with Gasteiger partial charge in [0.15, 0.2) is 5.82 Å². The number of likely N-dealkylation sites (tertiary alicyclic amines) is 1. The normalized spacial score (nSPS) is 14.2. The van der Waals surface area contributed by atoms with E-state index in [1.807, 2.05) is 67.1 Å². The van der Waals surface area contributed by atoms with Crippen molar-refractivity contribution < 1.29 is 14.4 Å². The highest BCUT2D eigenvalue weighted by Gasteiger charge is 2.28. The van der Waals surface area contributed by atoms with Gasteiger partial charge >= 0.3 is 0 Å². The average molecular weight is 404 g/mol. The number of aromatic nitrogens is 2.